The first-order valence-corrected chi connectivity index (χ1v) is 10.3. The number of nitro benzene ring substituents is 1. The van der Waals surface area contributed by atoms with E-state index in [4.69, 9.17) is 9.47 Å². The van der Waals surface area contributed by atoms with Crippen molar-refractivity contribution in [3.63, 3.8) is 0 Å². The van der Waals surface area contributed by atoms with Gasteiger partial charge in [-0.2, -0.15) is 0 Å². The van der Waals surface area contributed by atoms with Crippen molar-refractivity contribution >= 4 is 34.0 Å². The van der Waals surface area contributed by atoms with Gasteiger partial charge in [0.2, 0.25) is 5.75 Å². The number of amides is 2. The summed E-state index contributed by atoms with van der Waals surface area (Å²) in [6, 6.07) is 2.62. The summed E-state index contributed by atoms with van der Waals surface area (Å²) in [4.78, 5) is 38.0. The molecular formula is C19H20N4O7S. The van der Waals surface area contributed by atoms with Crippen LogP contribution in [0.15, 0.2) is 12.1 Å². The molecule has 2 aliphatic heterocycles. The zero-order valence-corrected chi connectivity index (χ0v) is 17.6. The predicted octanol–water partition coefficient (Wildman–Crippen LogP) is 2.74. The molecule has 0 aliphatic carbocycles. The maximum absolute atomic E-state index is 12.9. The lowest BCUT2D eigenvalue weighted by molar-refractivity contribution is -0.386. The highest BCUT2D eigenvalue weighted by Crippen LogP contribution is 2.43. The second kappa shape index (κ2) is 7.95. The first kappa shape index (κ1) is 20.7. The Bertz CT molecular complexity index is 1080. The van der Waals surface area contributed by atoms with Crippen molar-refractivity contribution in [1.29, 1.82) is 0 Å². The van der Waals surface area contributed by atoms with Crippen molar-refractivity contribution in [2.24, 2.45) is 0 Å². The predicted molar refractivity (Wildman–Crippen MR) is 111 cm³/mol. The summed E-state index contributed by atoms with van der Waals surface area (Å²) in [5.41, 5.74) is 1.25. The van der Waals surface area contributed by atoms with Crippen LogP contribution in [0.2, 0.25) is 0 Å². The molecule has 4 rings (SSSR count). The highest BCUT2D eigenvalue weighted by molar-refractivity contribution is 7.16. The molecule has 1 aromatic carbocycles. The van der Waals surface area contributed by atoms with E-state index in [1.807, 2.05) is 0 Å². The van der Waals surface area contributed by atoms with Crippen molar-refractivity contribution in [1.82, 2.24) is 10.2 Å². The summed E-state index contributed by atoms with van der Waals surface area (Å²) >= 11 is 1.37. The monoisotopic (exact) mass is 448 g/mol. The third kappa shape index (κ3) is 3.58. The summed E-state index contributed by atoms with van der Waals surface area (Å²) < 4.78 is 10.1. The largest absolute Gasteiger partial charge is 0.500 e. The number of carbonyl (C=O) groups is 2. The molecule has 0 saturated carbocycles. The number of fused-ring (bicyclic) bond motifs is 3. The maximum Gasteiger partial charge on any atom is 0.410 e. The molecule has 1 atom stereocenters. The minimum Gasteiger partial charge on any atom is -0.500 e. The smallest absolute Gasteiger partial charge is 0.410 e. The Kier molecular flexibility index (Phi) is 5.31. The van der Waals surface area contributed by atoms with Crippen LogP contribution >= 0.6 is 11.3 Å². The van der Waals surface area contributed by atoms with Gasteiger partial charge in [-0.3, -0.25) is 14.9 Å². The van der Waals surface area contributed by atoms with Crippen LogP contribution in [0, 0.1) is 10.1 Å². The molecule has 0 spiro atoms. The molecule has 0 saturated heterocycles. The van der Waals surface area contributed by atoms with Crippen molar-refractivity contribution < 1.29 is 29.1 Å². The number of nitrogens with one attached hydrogen (secondary N) is 2. The number of benzene rings is 1. The van der Waals surface area contributed by atoms with Gasteiger partial charge in [-0.15, -0.1) is 11.3 Å². The SMILES string of the molecule is CCOC(=O)N1CCc2c(sc3c2C(=O)N[C@@H](c2cc(OC)c(O)c([N+](=O)[O-])c2)N3)C1. The number of hydrogen-bond acceptors (Lipinski definition) is 9. The van der Waals surface area contributed by atoms with E-state index in [1.54, 1.807) is 11.8 Å². The molecule has 31 heavy (non-hydrogen) atoms. The van der Waals surface area contributed by atoms with E-state index < -0.39 is 28.6 Å². The number of phenols is 1. The maximum atomic E-state index is 12.9. The highest BCUT2D eigenvalue weighted by atomic mass is 32.1. The first-order valence-electron chi connectivity index (χ1n) is 9.53. The minimum absolute atomic E-state index is 0.0680. The van der Waals surface area contributed by atoms with E-state index in [9.17, 15) is 24.8 Å². The van der Waals surface area contributed by atoms with Crippen LogP contribution in [0.1, 0.15) is 39.5 Å². The molecule has 2 aromatic rings. The average molecular weight is 448 g/mol. The van der Waals surface area contributed by atoms with E-state index in [1.165, 1.54) is 30.6 Å². The average Bonchev–Trinajstić information content (AvgIpc) is 3.11. The van der Waals surface area contributed by atoms with Crippen LogP contribution in [0.4, 0.5) is 15.5 Å². The zero-order chi connectivity index (χ0) is 22.3. The fourth-order valence-corrected chi connectivity index (χ4v) is 5.02. The van der Waals surface area contributed by atoms with Crippen LogP contribution in [-0.2, 0) is 17.7 Å². The molecule has 12 heteroatoms. The lowest BCUT2D eigenvalue weighted by atomic mass is 10.0. The molecule has 3 N–H and O–H groups in total. The Morgan fingerprint density at radius 2 is 2.19 bits per heavy atom. The van der Waals surface area contributed by atoms with Crippen molar-refractivity contribution in [3.8, 4) is 11.5 Å². The van der Waals surface area contributed by atoms with Crippen LogP contribution in [0.25, 0.3) is 0 Å². The molecule has 0 bridgehead atoms. The molecule has 0 radical (unpaired) electrons. The van der Waals surface area contributed by atoms with Crippen LogP contribution < -0.4 is 15.4 Å². The molecule has 2 amide bonds. The van der Waals surface area contributed by atoms with Crippen molar-refractivity contribution in [3.05, 3.63) is 43.8 Å². The topological polar surface area (TPSA) is 143 Å². The Hall–Kier alpha value is -3.54. The third-order valence-electron chi connectivity index (χ3n) is 5.19. The molecule has 2 aliphatic rings. The molecule has 0 unspecified atom stereocenters. The van der Waals surface area contributed by atoms with Gasteiger partial charge in [-0.25, -0.2) is 4.79 Å². The summed E-state index contributed by atoms with van der Waals surface area (Å²) in [5.74, 6) is -0.957. The molecule has 164 valence electrons. The molecule has 1 aromatic heterocycles. The van der Waals surface area contributed by atoms with Gasteiger partial charge in [0.15, 0.2) is 5.75 Å². The Balaban J connectivity index is 1.65. The van der Waals surface area contributed by atoms with E-state index >= 15 is 0 Å². The summed E-state index contributed by atoms with van der Waals surface area (Å²) in [6.07, 6.45) is -0.620. The highest BCUT2D eigenvalue weighted by Gasteiger charge is 2.35. The number of phenolic OH excluding ortho intramolecular Hbond substituents is 1. The number of rotatable bonds is 4. The van der Waals surface area contributed by atoms with Crippen LogP contribution in [0.3, 0.4) is 0 Å². The summed E-state index contributed by atoms with van der Waals surface area (Å²) in [7, 11) is 1.29. The lowest BCUT2D eigenvalue weighted by Crippen LogP contribution is -2.39. The minimum atomic E-state index is -0.755. The van der Waals surface area contributed by atoms with Crippen molar-refractivity contribution in [2.75, 3.05) is 25.6 Å². The number of aromatic hydroxyl groups is 1. The fourth-order valence-electron chi connectivity index (χ4n) is 3.73. The fraction of sp³-hybridized carbons (Fsp3) is 0.368. The Morgan fingerprint density at radius 1 is 1.42 bits per heavy atom. The quantitative estimate of drug-likeness (QED) is 0.478. The number of ether oxygens (including phenoxy) is 2. The second-order valence-electron chi connectivity index (χ2n) is 6.98. The van der Waals surface area contributed by atoms with E-state index in [0.717, 1.165) is 10.4 Å². The second-order valence-corrected chi connectivity index (χ2v) is 8.08. The molecule has 3 heterocycles. The Labute approximate surface area is 180 Å². The summed E-state index contributed by atoms with van der Waals surface area (Å²) in [6.45, 7) is 2.84. The van der Waals surface area contributed by atoms with Gasteiger partial charge in [-0.1, -0.05) is 0 Å². The van der Waals surface area contributed by atoms with E-state index in [-0.39, 0.29) is 18.3 Å². The van der Waals surface area contributed by atoms with Crippen LogP contribution in [0.5, 0.6) is 11.5 Å². The number of hydrogen-bond donors (Lipinski definition) is 3. The zero-order valence-electron chi connectivity index (χ0n) is 16.8. The third-order valence-corrected chi connectivity index (χ3v) is 6.34. The number of nitro groups is 1. The van der Waals surface area contributed by atoms with Gasteiger partial charge in [0.25, 0.3) is 5.91 Å². The number of thiophene rings is 1. The standard InChI is InChI=1S/C19H20N4O7S/c1-3-30-19(26)22-5-4-10-13(8-22)31-18-14(10)17(25)20-16(21-18)9-6-11(23(27)28)15(24)12(7-9)29-2/h6-7,16,21,24H,3-5,8H2,1-2H3,(H,20,25)/t16-/m1/s1. The number of methoxy groups -OCH3 is 1. The Morgan fingerprint density at radius 3 is 2.87 bits per heavy atom. The lowest BCUT2D eigenvalue weighted by Gasteiger charge is -2.28. The van der Waals surface area contributed by atoms with Gasteiger partial charge >= 0.3 is 11.8 Å². The summed E-state index contributed by atoms with van der Waals surface area (Å²) in [5, 5.41) is 27.9. The number of nitrogens with zero attached hydrogens (tertiary/aromatic N) is 2. The normalized spacial score (nSPS) is 17.2. The van der Waals surface area contributed by atoms with Gasteiger partial charge in [0.05, 0.1) is 30.7 Å². The van der Waals surface area contributed by atoms with Gasteiger partial charge in [-0.05, 0) is 25.0 Å². The molecular weight excluding hydrogens is 428 g/mol. The van der Waals surface area contributed by atoms with Gasteiger partial charge < -0.3 is 30.1 Å². The van der Waals surface area contributed by atoms with Crippen molar-refractivity contribution in [2.45, 2.75) is 26.1 Å². The molecule has 0 fully saturated rings. The number of anilines is 1. The van der Waals surface area contributed by atoms with Gasteiger partial charge in [0.1, 0.15) is 11.2 Å². The van der Waals surface area contributed by atoms with E-state index in [2.05, 4.69) is 10.6 Å². The number of carbonyl (C=O) groups excluding carboxylic acids is 2. The van der Waals surface area contributed by atoms with E-state index in [0.29, 0.717) is 35.6 Å². The molecule has 11 nitrogen and oxygen atoms in total. The van der Waals surface area contributed by atoms with Gasteiger partial charge in [0, 0.05) is 23.1 Å². The van der Waals surface area contributed by atoms with Crippen LogP contribution in [-0.4, -0.2) is 47.2 Å². The first-order chi connectivity index (χ1) is 14.8.